The third kappa shape index (κ3) is 1.09. The number of hydrogen-bond acceptors (Lipinski definition) is 3. The lowest BCUT2D eigenvalue weighted by Gasteiger charge is -1.96. The van der Waals surface area contributed by atoms with Gasteiger partial charge in [0.15, 0.2) is 0 Å². The highest BCUT2D eigenvalue weighted by Gasteiger charge is 2.07. The number of fused-ring (bicyclic) bond motifs is 1. The van der Waals surface area contributed by atoms with Crippen LogP contribution in [0.5, 0.6) is 0 Å². The molecule has 0 amide bonds. The Morgan fingerprint density at radius 3 is 3.00 bits per heavy atom. The van der Waals surface area contributed by atoms with Crippen molar-refractivity contribution in [1.82, 2.24) is 9.97 Å². The number of thiophene rings is 1. The largest absolute Gasteiger partial charge is 0.298 e. The fourth-order valence-corrected chi connectivity index (χ4v) is 2.05. The first-order valence-electron chi connectivity index (χ1n) is 3.82. The van der Waals surface area contributed by atoms with E-state index in [1.54, 1.807) is 11.3 Å². The molecule has 0 unspecified atom stereocenters. The Bertz CT molecular complexity index is 408. The summed E-state index contributed by atoms with van der Waals surface area (Å²) in [5, 5.41) is 4.07. The van der Waals surface area contributed by atoms with Crippen LogP contribution in [0.2, 0.25) is 0 Å². The molecule has 0 spiro atoms. The van der Waals surface area contributed by atoms with Crippen LogP contribution in [-0.4, -0.2) is 17.0 Å². The maximum Gasteiger partial charge on any atom is 0.245 e. The van der Waals surface area contributed by atoms with Crippen molar-refractivity contribution < 1.29 is 5.32 Å². The number of aromatic nitrogens is 2. The minimum absolute atomic E-state index is 0.842. The van der Waals surface area contributed by atoms with Gasteiger partial charge in [-0.1, -0.05) is 0 Å². The third-order valence-electron chi connectivity index (χ3n) is 1.72. The van der Waals surface area contributed by atoms with Gasteiger partial charge in [0.1, 0.15) is 10.5 Å². The van der Waals surface area contributed by atoms with Gasteiger partial charge >= 0.3 is 0 Å². The molecular formula is C8H10N3S+. The molecule has 0 aliphatic carbocycles. The molecule has 2 heterocycles. The molecule has 4 heteroatoms. The Balaban J connectivity index is 2.80. The standard InChI is InChI=1S/C8H9N3S/c1-5-10-6-3-4-12-7(6)8(9-2)11-5/h3-4H,1-2H3,(H,9,10,11)/p+1. The number of aryl methyl sites for hydroxylation is 1. The molecule has 2 aromatic rings. The van der Waals surface area contributed by atoms with Crippen LogP contribution in [0.1, 0.15) is 5.82 Å². The summed E-state index contributed by atoms with van der Waals surface area (Å²) in [6.45, 7) is 1.92. The molecule has 0 fully saturated rings. The van der Waals surface area contributed by atoms with Crippen LogP contribution in [-0.2, 0) is 0 Å². The van der Waals surface area contributed by atoms with Gasteiger partial charge in [0.05, 0.1) is 12.6 Å². The molecule has 2 rings (SSSR count). The maximum absolute atomic E-state index is 4.34. The highest BCUT2D eigenvalue weighted by atomic mass is 32.1. The Hall–Kier alpha value is -1.000. The molecular weight excluding hydrogens is 170 g/mol. The third-order valence-corrected chi connectivity index (χ3v) is 2.64. The molecule has 3 nitrogen and oxygen atoms in total. The van der Waals surface area contributed by atoms with Crippen LogP contribution in [0.3, 0.4) is 0 Å². The first kappa shape index (κ1) is 7.64. The van der Waals surface area contributed by atoms with Crippen molar-refractivity contribution in [3.05, 3.63) is 17.3 Å². The molecule has 12 heavy (non-hydrogen) atoms. The van der Waals surface area contributed by atoms with Gasteiger partial charge < -0.3 is 0 Å². The van der Waals surface area contributed by atoms with Crippen molar-refractivity contribution >= 4 is 27.4 Å². The van der Waals surface area contributed by atoms with Crippen LogP contribution in [0, 0.1) is 6.92 Å². The predicted octanol–water partition coefficient (Wildman–Crippen LogP) is 0.824. The van der Waals surface area contributed by atoms with E-state index < -0.39 is 0 Å². The zero-order valence-electron chi connectivity index (χ0n) is 7.03. The Kier molecular flexibility index (Phi) is 1.78. The monoisotopic (exact) mass is 180 g/mol. The minimum atomic E-state index is 0.842. The van der Waals surface area contributed by atoms with E-state index in [2.05, 4.69) is 9.97 Å². The lowest BCUT2D eigenvalue weighted by Crippen LogP contribution is -2.73. The number of rotatable bonds is 1. The minimum Gasteiger partial charge on any atom is -0.298 e. The normalized spacial score (nSPS) is 10.8. The van der Waals surface area contributed by atoms with Crippen LogP contribution < -0.4 is 5.32 Å². The van der Waals surface area contributed by atoms with Gasteiger partial charge in [-0.2, -0.15) is 4.98 Å². The van der Waals surface area contributed by atoms with Gasteiger partial charge in [-0.05, 0) is 18.4 Å². The fourth-order valence-electron chi connectivity index (χ4n) is 1.20. The highest BCUT2D eigenvalue weighted by Crippen LogP contribution is 2.22. The summed E-state index contributed by atoms with van der Waals surface area (Å²) in [5.41, 5.74) is 1.06. The van der Waals surface area contributed by atoms with E-state index in [9.17, 15) is 0 Å². The van der Waals surface area contributed by atoms with Crippen LogP contribution in [0.4, 0.5) is 5.82 Å². The van der Waals surface area contributed by atoms with Crippen molar-refractivity contribution in [3.8, 4) is 0 Å². The van der Waals surface area contributed by atoms with Crippen molar-refractivity contribution in [2.75, 3.05) is 7.05 Å². The van der Waals surface area contributed by atoms with E-state index in [0.29, 0.717) is 0 Å². The van der Waals surface area contributed by atoms with Crippen molar-refractivity contribution in [1.29, 1.82) is 0 Å². The molecule has 0 aliphatic rings. The van der Waals surface area contributed by atoms with Crippen molar-refractivity contribution in [3.63, 3.8) is 0 Å². The molecule has 2 aromatic heterocycles. The average molecular weight is 180 g/mol. The number of nitrogens with two attached hydrogens (primary N) is 1. The topological polar surface area (TPSA) is 42.4 Å². The molecule has 0 saturated carbocycles. The summed E-state index contributed by atoms with van der Waals surface area (Å²) in [7, 11) is 2.00. The summed E-state index contributed by atoms with van der Waals surface area (Å²) < 4.78 is 1.18. The quantitative estimate of drug-likeness (QED) is 0.706. The Morgan fingerprint density at radius 2 is 2.25 bits per heavy atom. The first-order valence-corrected chi connectivity index (χ1v) is 4.70. The molecule has 0 aliphatic heterocycles. The van der Waals surface area contributed by atoms with E-state index in [-0.39, 0.29) is 0 Å². The van der Waals surface area contributed by atoms with Gasteiger partial charge in [0.2, 0.25) is 5.82 Å². The molecule has 62 valence electrons. The first-order chi connectivity index (χ1) is 5.81. The van der Waals surface area contributed by atoms with E-state index in [0.717, 1.165) is 17.2 Å². The summed E-state index contributed by atoms with van der Waals surface area (Å²) >= 11 is 1.69. The second kappa shape index (κ2) is 2.80. The van der Waals surface area contributed by atoms with E-state index >= 15 is 0 Å². The summed E-state index contributed by atoms with van der Waals surface area (Å²) in [6.07, 6.45) is 0. The SMILES string of the molecule is C[NH2+]c1nc(C)nc2ccsc12. The summed E-state index contributed by atoms with van der Waals surface area (Å²) in [5.74, 6) is 1.89. The van der Waals surface area contributed by atoms with Gasteiger partial charge in [-0.3, -0.25) is 5.32 Å². The highest BCUT2D eigenvalue weighted by molar-refractivity contribution is 7.17. The van der Waals surface area contributed by atoms with Crippen LogP contribution in [0.15, 0.2) is 11.4 Å². The lowest BCUT2D eigenvalue weighted by atomic mass is 10.4. The van der Waals surface area contributed by atoms with E-state index in [4.69, 9.17) is 0 Å². The molecule has 0 saturated heterocycles. The molecule has 0 atom stereocenters. The number of quaternary nitrogens is 1. The molecule has 0 bridgehead atoms. The van der Waals surface area contributed by atoms with Crippen molar-refractivity contribution in [2.24, 2.45) is 0 Å². The molecule has 0 aromatic carbocycles. The van der Waals surface area contributed by atoms with Gasteiger partial charge in [-0.15, -0.1) is 11.3 Å². The Labute approximate surface area is 74.5 Å². The van der Waals surface area contributed by atoms with Gasteiger partial charge in [-0.25, -0.2) is 4.98 Å². The average Bonchev–Trinajstić information content (AvgIpc) is 2.50. The summed E-state index contributed by atoms with van der Waals surface area (Å²) in [6, 6.07) is 2.03. The van der Waals surface area contributed by atoms with E-state index in [1.807, 2.05) is 30.7 Å². The predicted molar refractivity (Wildman–Crippen MR) is 49.7 cm³/mol. The van der Waals surface area contributed by atoms with Crippen LogP contribution in [0.25, 0.3) is 10.2 Å². The van der Waals surface area contributed by atoms with Gasteiger partial charge in [0, 0.05) is 0 Å². The van der Waals surface area contributed by atoms with Crippen LogP contribution >= 0.6 is 11.3 Å². The zero-order valence-corrected chi connectivity index (χ0v) is 7.85. The number of nitrogens with zero attached hydrogens (tertiary/aromatic N) is 2. The van der Waals surface area contributed by atoms with E-state index in [1.165, 1.54) is 4.70 Å². The van der Waals surface area contributed by atoms with Crippen molar-refractivity contribution in [2.45, 2.75) is 6.92 Å². The second-order valence-electron chi connectivity index (χ2n) is 2.58. The smallest absolute Gasteiger partial charge is 0.245 e. The Morgan fingerprint density at radius 1 is 1.42 bits per heavy atom. The lowest BCUT2D eigenvalue weighted by molar-refractivity contribution is -0.541. The molecule has 0 radical (unpaired) electrons. The summed E-state index contributed by atoms with van der Waals surface area (Å²) in [4.78, 5) is 8.66. The second-order valence-corrected chi connectivity index (χ2v) is 3.50. The number of hydrogen-bond donors (Lipinski definition) is 1. The zero-order chi connectivity index (χ0) is 8.55. The molecule has 2 N–H and O–H groups in total. The maximum atomic E-state index is 4.34. The fraction of sp³-hybridized carbons (Fsp3) is 0.250. The van der Waals surface area contributed by atoms with Gasteiger partial charge in [0.25, 0.3) is 0 Å².